The number of amides is 1. The lowest BCUT2D eigenvalue weighted by Gasteiger charge is -2.19. The molecule has 3 heterocycles. The van der Waals surface area contributed by atoms with Crippen molar-refractivity contribution in [3.63, 3.8) is 0 Å². The molecule has 1 unspecified atom stereocenters. The van der Waals surface area contributed by atoms with Crippen molar-refractivity contribution in [1.29, 1.82) is 5.26 Å². The number of aromatic nitrogens is 3. The van der Waals surface area contributed by atoms with Crippen molar-refractivity contribution in [2.45, 2.75) is 19.8 Å². The molecule has 2 aromatic heterocycles. The maximum atomic E-state index is 12.6. The highest BCUT2D eigenvalue weighted by atomic mass is 35.5. The van der Waals surface area contributed by atoms with E-state index in [0.29, 0.717) is 31.2 Å². The third-order valence-electron chi connectivity index (χ3n) is 4.07. The summed E-state index contributed by atoms with van der Waals surface area (Å²) in [6.45, 7) is 2.35. The Morgan fingerprint density at radius 3 is 2.76 bits per heavy atom. The minimum absolute atomic E-state index is 0. The van der Waals surface area contributed by atoms with Crippen LogP contribution in [0.25, 0.3) is 0 Å². The molecule has 0 aliphatic carbocycles. The van der Waals surface area contributed by atoms with Crippen LogP contribution in [0.2, 0.25) is 0 Å². The summed E-state index contributed by atoms with van der Waals surface area (Å²) in [5.74, 6) is 0.699. The normalized spacial score (nSPS) is 18.7. The van der Waals surface area contributed by atoms with Gasteiger partial charge in [0.05, 0.1) is 18.0 Å². The molecule has 1 aliphatic rings. The Balaban J connectivity index is 0.00000156. The highest BCUT2D eigenvalue weighted by Crippen LogP contribution is 2.36. The van der Waals surface area contributed by atoms with E-state index in [1.54, 1.807) is 35.6 Å². The summed E-state index contributed by atoms with van der Waals surface area (Å²) >= 11 is 0. The van der Waals surface area contributed by atoms with Crippen LogP contribution in [0.15, 0.2) is 36.8 Å². The average molecular weight is 381 g/mol. The predicted octanol–water partition coefficient (Wildman–Crippen LogP) is 3.12. The Bertz CT molecular complexity index is 767. The minimum Gasteiger partial charge on any atom is -0.323 e. The lowest BCUT2D eigenvalue weighted by molar-refractivity contribution is -0.123. The fourth-order valence-corrected chi connectivity index (χ4v) is 2.62. The van der Waals surface area contributed by atoms with Gasteiger partial charge in [-0.2, -0.15) is 10.2 Å². The molecular formula is C16H18Cl2N6O. The van der Waals surface area contributed by atoms with Gasteiger partial charge in [0.2, 0.25) is 11.9 Å². The molecule has 3 rings (SSSR count). The summed E-state index contributed by atoms with van der Waals surface area (Å²) in [6, 6.07) is 7.50. The Labute approximate surface area is 158 Å². The number of nitrogens with zero attached hydrogens (tertiary/aromatic N) is 5. The van der Waals surface area contributed by atoms with Crippen LogP contribution in [-0.4, -0.2) is 27.4 Å². The van der Waals surface area contributed by atoms with Gasteiger partial charge in [0, 0.05) is 18.9 Å². The molecule has 1 amide bonds. The zero-order valence-electron chi connectivity index (χ0n) is 13.5. The van der Waals surface area contributed by atoms with E-state index in [-0.39, 0.29) is 30.7 Å². The number of pyridine rings is 1. The molecule has 0 saturated carbocycles. The zero-order valence-corrected chi connectivity index (χ0v) is 15.2. The third kappa shape index (κ3) is 3.98. The van der Waals surface area contributed by atoms with Crippen LogP contribution in [-0.2, 0) is 4.79 Å². The van der Waals surface area contributed by atoms with E-state index in [9.17, 15) is 10.1 Å². The largest absolute Gasteiger partial charge is 0.323 e. The van der Waals surface area contributed by atoms with Crippen molar-refractivity contribution in [3.8, 4) is 6.07 Å². The number of carbonyl (C=O) groups is 1. The minimum atomic E-state index is -0.929. The summed E-state index contributed by atoms with van der Waals surface area (Å²) in [7, 11) is 0. The van der Waals surface area contributed by atoms with Gasteiger partial charge in [-0.15, -0.1) is 24.8 Å². The number of hydrogen-bond donors (Lipinski definition) is 1. The predicted molar refractivity (Wildman–Crippen MR) is 99.4 cm³/mol. The van der Waals surface area contributed by atoms with E-state index >= 15 is 0 Å². The van der Waals surface area contributed by atoms with E-state index in [1.165, 1.54) is 0 Å². The Morgan fingerprint density at radius 2 is 2.16 bits per heavy atom. The fourth-order valence-electron chi connectivity index (χ4n) is 2.62. The maximum absolute atomic E-state index is 12.6. The highest BCUT2D eigenvalue weighted by Gasteiger charge is 2.46. The third-order valence-corrected chi connectivity index (χ3v) is 4.07. The number of carbonyl (C=O) groups excluding carboxylic acids is 1. The van der Waals surface area contributed by atoms with Gasteiger partial charge in [-0.25, -0.2) is 4.98 Å². The highest BCUT2D eigenvalue weighted by molar-refractivity contribution is 6.01. The smallest absolute Gasteiger partial charge is 0.248 e. The molecule has 9 heteroatoms. The van der Waals surface area contributed by atoms with Crippen molar-refractivity contribution in [2.75, 3.05) is 16.8 Å². The second-order valence-corrected chi connectivity index (χ2v) is 5.36. The van der Waals surface area contributed by atoms with E-state index < -0.39 is 5.41 Å². The van der Waals surface area contributed by atoms with E-state index in [2.05, 4.69) is 26.3 Å². The Hall–Kier alpha value is -2.43. The summed E-state index contributed by atoms with van der Waals surface area (Å²) in [4.78, 5) is 26.7. The average Bonchev–Trinajstić information content (AvgIpc) is 2.93. The maximum Gasteiger partial charge on any atom is 0.248 e. The monoisotopic (exact) mass is 380 g/mol. The molecule has 1 N–H and O–H groups in total. The molecule has 1 aliphatic heterocycles. The SMILES string of the molecule is CCC1(C#N)CCN(c2ccnc(Nc3cccnc3)n2)C1=O.Cl.Cl. The van der Waals surface area contributed by atoms with Gasteiger partial charge in [0.15, 0.2) is 0 Å². The number of nitrogens with one attached hydrogen (secondary N) is 1. The molecule has 0 aromatic carbocycles. The lowest BCUT2D eigenvalue weighted by Crippen LogP contribution is -2.33. The van der Waals surface area contributed by atoms with Gasteiger partial charge in [-0.05, 0) is 31.0 Å². The van der Waals surface area contributed by atoms with Crippen molar-refractivity contribution >= 4 is 48.2 Å². The second kappa shape index (κ2) is 8.60. The van der Waals surface area contributed by atoms with Gasteiger partial charge in [-0.1, -0.05) is 6.92 Å². The molecule has 25 heavy (non-hydrogen) atoms. The molecule has 7 nitrogen and oxygen atoms in total. The van der Waals surface area contributed by atoms with E-state index in [1.807, 2.05) is 13.0 Å². The van der Waals surface area contributed by atoms with Crippen LogP contribution >= 0.6 is 24.8 Å². The van der Waals surface area contributed by atoms with Gasteiger partial charge in [0.25, 0.3) is 0 Å². The molecule has 1 atom stereocenters. The quantitative estimate of drug-likeness (QED) is 0.875. The number of anilines is 3. The summed E-state index contributed by atoms with van der Waals surface area (Å²) in [5, 5.41) is 12.4. The van der Waals surface area contributed by atoms with E-state index in [4.69, 9.17) is 0 Å². The summed E-state index contributed by atoms with van der Waals surface area (Å²) < 4.78 is 0. The standard InChI is InChI=1S/C16H16N6O.2ClH/c1-2-16(11-17)6-9-22(14(16)23)13-5-8-19-15(21-13)20-12-4-3-7-18-10-12;;/h3-5,7-8,10H,2,6,9H2,1H3,(H,19,20,21);2*1H. The van der Waals surface area contributed by atoms with Crippen LogP contribution in [0.5, 0.6) is 0 Å². The molecule has 1 fully saturated rings. The van der Waals surface area contributed by atoms with Crippen LogP contribution in [0, 0.1) is 16.7 Å². The first-order chi connectivity index (χ1) is 11.2. The van der Waals surface area contributed by atoms with E-state index in [0.717, 1.165) is 5.69 Å². The topological polar surface area (TPSA) is 94.8 Å². The Kier molecular flexibility index (Phi) is 7.09. The van der Waals surface area contributed by atoms with Crippen LogP contribution in [0.3, 0.4) is 0 Å². The Morgan fingerprint density at radius 1 is 1.36 bits per heavy atom. The molecule has 2 aromatic rings. The fraction of sp³-hybridized carbons (Fsp3) is 0.312. The molecule has 1 saturated heterocycles. The van der Waals surface area contributed by atoms with Crippen LogP contribution in [0.1, 0.15) is 19.8 Å². The van der Waals surface area contributed by atoms with Crippen molar-refractivity contribution in [2.24, 2.45) is 5.41 Å². The van der Waals surface area contributed by atoms with Gasteiger partial charge >= 0.3 is 0 Å². The van der Waals surface area contributed by atoms with Crippen LogP contribution in [0.4, 0.5) is 17.5 Å². The van der Waals surface area contributed by atoms with Crippen LogP contribution < -0.4 is 10.2 Å². The molecule has 132 valence electrons. The van der Waals surface area contributed by atoms with Crippen molar-refractivity contribution in [3.05, 3.63) is 36.8 Å². The molecular weight excluding hydrogens is 363 g/mol. The summed E-state index contributed by atoms with van der Waals surface area (Å²) in [5.41, 5.74) is -0.167. The first-order valence-electron chi connectivity index (χ1n) is 7.42. The first kappa shape index (κ1) is 20.6. The number of rotatable bonds is 4. The van der Waals surface area contributed by atoms with Gasteiger partial charge < -0.3 is 5.32 Å². The number of hydrogen-bond acceptors (Lipinski definition) is 6. The number of halogens is 2. The summed E-state index contributed by atoms with van der Waals surface area (Å²) in [6.07, 6.45) is 5.96. The molecule has 0 radical (unpaired) electrons. The van der Waals surface area contributed by atoms with Gasteiger partial charge in [0.1, 0.15) is 11.2 Å². The number of nitriles is 1. The second-order valence-electron chi connectivity index (χ2n) is 5.36. The van der Waals surface area contributed by atoms with Crippen molar-refractivity contribution in [1.82, 2.24) is 15.0 Å². The first-order valence-corrected chi connectivity index (χ1v) is 7.42. The van der Waals surface area contributed by atoms with Gasteiger partial charge in [-0.3, -0.25) is 14.7 Å². The zero-order chi connectivity index (χ0) is 16.3. The lowest BCUT2D eigenvalue weighted by atomic mass is 9.85. The molecule has 0 spiro atoms. The van der Waals surface area contributed by atoms with Crippen molar-refractivity contribution < 1.29 is 4.79 Å². The molecule has 0 bridgehead atoms.